The Morgan fingerprint density at radius 2 is 2.04 bits per heavy atom. The summed E-state index contributed by atoms with van der Waals surface area (Å²) >= 11 is 0. The molecule has 1 saturated heterocycles. The molecule has 0 aliphatic carbocycles. The molecule has 2 unspecified atom stereocenters. The third-order valence-corrected chi connectivity index (χ3v) is 4.22. The predicted octanol–water partition coefficient (Wildman–Crippen LogP) is 3.11. The molecule has 1 heterocycles. The number of hydrogen-bond acceptors (Lipinski definition) is 6. The first-order chi connectivity index (χ1) is 11.5. The average Bonchev–Trinajstić information content (AvgIpc) is 3.37. The Morgan fingerprint density at radius 1 is 1.38 bits per heavy atom. The van der Waals surface area contributed by atoms with Crippen LogP contribution in [0.2, 0.25) is 0 Å². The van der Waals surface area contributed by atoms with Crippen LogP contribution < -0.4 is 4.74 Å². The molecule has 2 rings (SSSR count). The molecule has 1 aliphatic heterocycles. The smallest absolute Gasteiger partial charge is 0.341 e. The molecule has 0 aromatic heterocycles. The van der Waals surface area contributed by atoms with E-state index in [0.29, 0.717) is 25.6 Å². The fourth-order valence-corrected chi connectivity index (χ4v) is 2.57. The van der Waals surface area contributed by atoms with Crippen LogP contribution in [0.4, 0.5) is 5.69 Å². The van der Waals surface area contributed by atoms with Gasteiger partial charge in [-0.15, -0.1) is 0 Å². The van der Waals surface area contributed by atoms with Gasteiger partial charge in [0, 0.05) is 12.1 Å². The number of carbonyl (C=O) groups is 1. The van der Waals surface area contributed by atoms with Crippen molar-refractivity contribution in [3.8, 4) is 5.75 Å². The molecule has 0 radical (unpaired) electrons. The summed E-state index contributed by atoms with van der Waals surface area (Å²) in [5.41, 5.74) is -0.695. The zero-order chi connectivity index (χ0) is 17.6. The number of nitrogens with zero attached hydrogens (tertiary/aromatic N) is 1. The first-order valence-electron chi connectivity index (χ1n) is 8.18. The summed E-state index contributed by atoms with van der Waals surface area (Å²) in [7, 11) is 0. The SMILES string of the molecule is CCOC(=O)C1(C(C)CCCCOc2ccc([N+](=O)[O-])cc2)CO1. The van der Waals surface area contributed by atoms with Crippen LogP contribution in [0.1, 0.15) is 33.1 Å². The second-order valence-corrected chi connectivity index (χ2v) is 5.89. The highest BCUT2D eigenvalue weighted by Gasteiger charge is 2.57. The lowest BCUT2D eigenvalue weighted by Gasteiger charge is -2.18. The number of hydrogen-bond donors (Lipinski definition) is 0. The standard InChI is InChI=1S/C17H23NO6/c1-3-22-16(19)17(12-24-17)13(2)6-4-5-11-23-15-9-7-14(8-10-15)18(20)21/h7-10,13H,3-6,11-12H2,1-2H3. The maximum atomic E-state index is 11.9. The van der Waals surface area contributed by atoms with E-state index in [4.69, 9.17) is 14.2 Å². The molecule has 132 valence electrons. The Morgan fingerprint density at radius 3 is 2.58 bits per heavy atom. The molecule has 0 bridgehead atoms. The van der Waals surface area contributed by atoms with Crippen molar-refractivity contribution < 1.29 is 23.9 Å². The average molecular weight is 337 g/mol. The summed E-state index contributed by atoms with van der Waals surface area (Å²) in [5, 5.41) is 10.6. The minimum atomic E-state index is -0.741. The number of unbranched alkanes of at least 4 members (excludes halogenated alkanes) is 1. The Bertz CT molecular complexity index is 567. The van der Waals surface area contributed by atoms with Crippen molar-refractivity contribution in [1.82, 2.24) is 0 Å². The highest BCUT2D eigenvalue weighted by Crippen LogP contribution is 2.39. The normalized spacial score (nSPS) is 20.2. The van der Waals surface area contributed by atoms with E-state index >= 15 is 0 Å². The second-order valence-electron chi connectivity index (χ2n) is 5.89. The van der Waals surface area contributed by atoms with Crippen molar-refractivity contribution in [3.05, 3.63) is 34.4 Å². The van der Waals surface area contributed by atoms with Gasteiger partial charge in [-0.05, 0) is 44.2 Å². The van der Waals surface area contributed by atoms with Gasteiger partial charge in [-0.1, -0.05) is 6.92 Å². The van der Waals surface area contributed by atoms with Gasteiger partial charge in [-0.25, -0.2) is 4.79 Å². The highest BCUT2D eigenvalue weighted by molar-refractivity contribution is 5.82. The van der Waals surface area contributed by atoms with E-state index < -0.39 is 10.5 Å². The molecule has 1 fully saturated rings. The fourth-order valence-electron chi connectivity index (χ4n) is 2.57. The number of carbonyl (C=O) groups excluding carboxylic acids is 1. The van der Waals surface area contributed by atoms with Crippen LogP contribution in [-0.4, -0.2) is 36.3 Å². The van der Waals surface area contributed by atoms with Gasteiger partial charge >= 0.3 is 5.97 Å². The Hall–Kier alpha value is -2.15. The minimum Gasteiger partial charge on any atom is -0.494 e. The monoisotopic (exact) mass is 337 g/mol. The number of rotatable bonds is 10. The molecular formula is C17H23NO6. The van der Waals surface area contributed by atoms with Crippen LogP contribution in [0, 0.1) is 16.0 Å². The third-order valence-electron chi connectivity index (χ3n) is 4.22. The van der Waals surface area contributed by atoms with Gasteiger partial charge in [0.25, 0.3) is 5.69 Å². The lowest BCUT2D eigenvalue weighted by Crippen LogP contribution is -2.34. The van der Waals surface area contributed by atoms with Crippen LogP contribution in [0.25, 0.3) is 0 Å². The maximum absolute atomic E-state index is 11.9. The molecule has 0 spiro atoms. The van der Waals surface area contributed by atoms with Crippen LogP contribution in [0.15, 0.2) is 24.3 Å². The van der Waals surface area contributed by atoms with Crippen LogP contribution in [0.3, 0.4) is 0 Å². The molecule has 1 aromatic rings. The van der Waals surface area contributed by atoms with Crippen molar-refractivity contribution in [3.63, 3.8) is 0 Å². The number of nitro groups is 1. The molecule has 1 aromatic carbocycles. The zero-order valence-electron chi connectivity index (χ0n) is 14.0. The molecule has 7 heteroatoms. The number of ether oxygens (including phenoxy) is 3. The number of non-ortho nitro benzene ring substituents is 1. The van der Waals surface area contributed by atoms with E-state index in [9.17, 15) is 14.9 Å². The van der Waals surface area contributed by atoms with Gasteiger partial charge in [0.15, 0.2) is 5.60 Å². The third kappa shape index (κ3) is 4.44. The fraction of sp³-hybridized carbons (Fsp3) is 0.588. The number of benzene rings is 1. The molecule has 0 saturated carbocycles. The molecule has 7 nitrogen and oxygen atoms in total. The van der Waals surface area contributed by atoms with Crippen molar-refractivity contribution in [2.75, 3.05) is 19.8 Å². The minimum absolute atomic E-state index is 0.0462. The van der Waals surface area contributed by atoms with Gasteiger partial charge in [-0.3, -0.25) is 10.1 Å². The summed E-state index contributed by atoms with van der Waals surface area (Å²) in [6, 6.07) is 6.03. The van der Waals surface area contributed by atoms with Gasteiger partial charge < -0.3 is 14.2 Å². The van der Waals surface area contributed by atoms with Crippen LogP contribution in [0.5, 0.6) is 5.75 Å². The molecule has 2 atom stereocenters. The van der Waals surface area contributed by atoms with Crippen molar-refractivity contribution in [2.45, 2.75) is 38.7 Å². The summed E-state index contributed by atoms with van der Waals surface area (Å²) in [6.07, 6.45) is 2.58. The zero-order valence-corrected chi connectivity index (χ0v) is 14.0. The summed E-state index contributed by atoms with van der Waals surface area (Å²) in [5.74, 6) is 0.456. The van der Waals surface area contributed by atoms with Crippen molar-refractivity contribution >= 4 is 11.7 Å². The number of esters is 1. The first kappa shape index (κ1) is 18.2. The van der Waals surface area contributed by atoms with Crippen LogP contribution >= 0.6 is 0 Å². The van der Waals surface area contributed by atoms with E-state index in [-0.39, 0.29) is 17.6 Å². The van der Waals surface area contributed by atoms with E-state index in [0.717, 1.165) is 19.3 Å². The number of epoxide rings is 1. The Kier molecular flexibility index (Phi) is 6.14. The molecule has 0 N–H and O–H groups in total. The lowest BCUT2D eigenvalue weighted by molar-refractivity contribution is -0.384. The molecule has 0 amide bonds. The van der Waals surface area contributed by atoms with Crippen LogP contribution in [-0.2, 0) is 14.3 Å². The highest BCUT2D eigenvalue weighted by atomic mass is 16.6. The Balaban J connectivity index is 1.66. The van der Waals surface area contributed by atoms with Gasteiger partial charge in [0.05, 0.1) is 24.7 Å². The lowest BCUT2D eigenvalue weighted by atomic mass is 9.90. The predicted molar refractivity (Wildman–Crippen MR) is 86.9 cm³/mol. The van der Waals surface area contributed by atoms with Crippen molar-refractivity contribution in [2.24, 2.45) is 5.92 Å². The van der Waals surface area contributed by atoms with E-state index in [1.165, 1.54) is 12.1 Å². The van der Waals surface area contributed by atoms with E-state index in [1.54, 1.807) is 19.1 Å². The number of nitro benzene ring substituents is 1. The summed E-state index contributed by atoms with van der Waals surface area (Å²) in [6.45, 7) is 5.11. The van der Waals surface area contributed by atoms with Crippen molar-refractivity contribution in [1.29, 1.82) is 0 Å². The Labute approximate surface area is 141 Å². The second kappa shape index (κ2) is 8.10. The molecule has 24 heavy (non-hydrogen) atoms. The maximum Gasteiger partial charge on any atom is 0.341 e. The van der Waals surface area contributed by atoms with Gasteiger partial charge in [-0.2, -0.15) is 0 Å². The van der Waals surface area contributed by atoms with E-state index in [2.05, 4.69) is 0 Å². The molecular weight excluding hydrogens is 314 g/mol. The van der Waals surface area contributed by atoms with E-state index in [1.807, 2.05) is 6.92 Å². The quantitative estimate of drug-likeness (QED) is 0.214. The van der Waals surface area contributed by atoms with Gasteiger partial charge in [0.1, 0.15) is 5.75 Å². The topological polar surface area (TPSA) is 91.2 Å². The van der Waals surface area contributed by atoms with Gasteiger partial charge in [0.2, 0.25) is 0 Å². The molecule has 1 aliphatic rings. The summed E-state index contributed by atoms with van der Waals surface area (Å²) < 4.78 is 16.0. The summed E-state index contributed by atoms with van der Waals surface area (Å²) in [4.78, 5) is 22.0. The largest absolute Gasteiger partial charge is 0.494 e. The first-order valence-corrected chi connectivity index (χ1v) is 8.18.